The first-order chi connectivity index (χ1) is 6.56. The molecule has 0 aromatic heterocycles. The highest BCUT2D eigenvalue weighted by molar-refractivity contribution is 5.81. The maximum absolute atomic E-state index is 11.9. The summed E-state index contributed by atoms with van der Waals surface area (Å²) in [5.74, 6) is 0.710. The van der Waals surface area contributed by atoms with Crippen LogP contribution >= 0.6 is 0 Å². The highest BCUT2D eigenvalue weighted by Crippen LogP contribution is 2.31. The van der Waals surface area contributed by atoms with Gasteiger partial charge in [0.05, 0.1) is 0 Å². The minimum absolute atomic E-state index is 0.336. The molecule has 1 fully saturated rings. The van der Waals surface area contributed by atoms with Gasteiger partial charge in [0.25, 0.3) is 0 Å². The topological polar surface area (TPSA) is 23.6 Å². The fourth-order valence-corrected chi connectivity index (χ4v) is 1.88. The lowest BCUT2D eigenvalue weighted by Crippen LogP contribution is -2.44. The van der Waals surface area contributed by atoms with E-state index < -0.39 is 0 Å². The Bertz CT molecular complexity index is 199. The highest BCUT2D eigenvalue weighted by Gasteiger charge is 2.34. The van der Waals surface area contributed by atoms with Crippen molar-refractivity contribution in [3.8, 4) is 0 Å². The SMILES string of the molecule is CCN(C(=O)C1CC1)C(C)CN(C)C. The Kier molecular flexibility index (Phi) is 3.93. The number of carbonyl (C=O) groups is 1. The van der Waals surface area contributed by atoms with Crippen molar-refractivity contribution in [3.05, 3.63) is 0 Å². The van der Waals surface area contributed by atoms with Crippen LogP contribution in [0.3, 0.4) is 0 Å². The minimum atomic E-state index is 0.336. The summed E-state index contributed by atoms with van der Waals surface area (Å²) < 4.78 is 0. The Hall–Kier alpha value is -0.570. The first-order valence-electron chi connectivity index (χ1n) is 5.51. The van der Waals surface area contributed by atoms with Gasteiger partial charge in [-0.1, -0.05) is 0 Å². The molecule has 1 unspecified atom stereocenters. The molecule has 0 aliphatic heterocycles. The fourth-order valence-electron chi connectivity index (χ4n) is 1.88. The number of amides is 1. The molecule has 3 nitrogen and oxygen atoms in total. The van der Waals surface area contributed by atoms with Crippen LogP contribution in [0.1, 0.15) is 26.7 Å². The predicted octanol–water partition coefficient (Wildman–Crippen LogP) is 1.19. The largest absolute Gasteiger partial charge is 0.339 e. The van der Waals surface area contributed by atoms with Gasteiger partial charge in [-0.2, -0.15) is 0 Å². The second-order valence-electron chi connectivity index (χ2n) is 4.51. The van der Waals surface area contributed by atoms with Crippen LogP contribution in [0.2, 0.25) is 0 Å². The van der Waals surface area contributed by atoms with Gasteiger partial charge in [-0.05, 0) is 40.8 Å². The van der Waals surface area contributed by atoms with E-state index in [0.29, 0.717) is 17.9 Å². The summed E-state index contributed by atoms with van der Waals surface area (Å²) in [6, 6.07) is 0.336. The van der Waals surface area contributed by atoms with Crippen molar-refractivity contribution in [2.45, 2.75) is 32.7 Å². The maximum atomic E-state index is 11.9. The average molecular weight is 198 g/mol. The Morgan fingerprint density at radius 2 is 2.00 bits per heavy atom. The fraction of sp³-hybridized carbons (Fsp3) is 0.909. The first kappa shape index (κ1) is 11.5. The molecular formula is C11H22N2O. The Morgan fingerprint density at radius 3 is 2.36 bits per heavy atom. The summed E-state index contributed by atoms with van der Waals surface area (Å²) >= 11 is 0. The standard InChI is InChI=1S/C11H22N2O/c1-5-13(9(2)8-12(3)4)11(14)10-6-7-10/h9-10H,5-8H2,1-4H3. The van der Waals surface area contributed by atoms with Gasteiger partial charge in [0, 0.05) is 25.0 Å². The van der Waals surface area contributed by atoms with Crippen LogP contribution in [-0.4, -0.2) is 48.9 Å². The van der Waals surface area contributed by atoms with Crippen molar-refractivity contribution in [1.82, 2.24) is 9.80 Å². The summed E-state index contributed by atoms with van der Waals surface area (Å²) in [6.07, 6.45) is 2.20. The quantitative estimate of drug-likeness (QED) is 0.662. The summed E-state index contributed by atoms with van der Waals surface area (Å²) in [5, 5.41) is 0. The molecule has 1 aliphatic carbocycles. The molecule has 82 valence electrons. The molecule has 1 saturated carbocycles. The molecule has 1 atom stereocenters. The smallest absolute Gasteiger partial charge is 0.225 e. The molecule has 0 saturated heterocycles. The lowest BCUT2D eigenvalue weighted by atomic mass is 10.2. The normalized spacial score (nSPS) is 18.4. The van der Waals surface area contributed by atoms with Gasteiger partial charge in [0.2, 0.25) is 5.91 Å². The number of likely N-dealkylation sites (N-methyl/N-ethyl adjacent to an activating group) is 2. The van der Waals surface area contributed by atoms with Crippen molar-refractivity contribution in [3.63, 3.8) is 0 Å². The van der Waals surface area contributed by atoms with E-state index >= 15 is 0 Å². The second-order valence-corrected chi connectivity index (χ2v) is 4.51. The third-order valence-corrected chi connectivity index (χ3v) is 2.71. The van der Waals surface area contributed by atoms with E-state index in [1.54, 1.807) is 0 Å². The van der Waals surface area contributed by atoms with Gasteiger partial charge in [-0.25, -0.2) is 0 Å². The molecule has 1 aliphatic rings. The molecule has 0 heterocycles. The van der Waals surface area contributed by atoms with E-state index in [2.05, 4.69) is 18.7 Å². The van der Waals surface area contributed by atoms with Crippen LogP contribution in [0.25, 0.3) is 0 Å². The van der Waals surface area contributed by atoms with Gasteiger partial charge in [-0.15, -0.1) is 0 Å². The molecule has 3 heteroatoms. The van der Waals surface area contributed by atoms with Gasteiger partial charge >= 0.3 is 0 Å². The first-order valence-corrected chi connectivity index (χ1v) is 5.51. The molecular weight excluding hydrogens is 176 g/mol. The summed E-state index contributed by atoms with van der Waals surface area (Å²) in [6.45, 7) is 5.98. The average Bonchev–Trinajstić information content (AvgIpc) is 2.85. The Labute approximate surface area is 87.1 Å². The third kappa shape index (κ3) is 2.98. The number of hydrogen-bond donors (Lipinski definition) is 0. The van der Waals surface area contributed by atoms with Gasteiger partial charge in [-0.3, -0.25) is 4.79 Å². The van der Waals surface area contributed by atoms with E-state index in [4.69, 9.17) is 0 Å². The second kappa shape index (κ2) is 4.78. The molecule has 1 amide bonds. The minimum Gasteiger partial charge on any atom is -0.339 e. The molecule has 0 spiro atoms. The number of rotatable bonds is 5. The van der Waals surface area contributed by atoms with Crippen molar-refractivity contribution in [2.24, 2.45) is 5.92 Å². The van der Waals surface area contributed by atoms with Crippen molar-refractivity contribution in [1.29, 1.82) is 0 Å². The van der Waals surface area contributed by atoms with Crippen LogP contribution in [-0.2, 0) is 4.79 Å². The molecule has 0 bridgehead atoms. The van der Waals surface area contributed by atoms with Crippen LogP contribution in [0.4, 0.5) is 0 Å². The van der Waals surface area contributed by atoms with Crippen molar-refractivity contribution >= 4 is 5.91 Å². The molecule has 0 N–H and O–H groups in total. The summed E-state index contributed by atoms with van der Waals surface area (Å²) in [5.41, 5.74) is 0. The van der Waals surface area contributed by atoms with Gasteiger partial charge < -0.3 is 9.80 Å². The zero-order chi connectivity index (χ0) is 10.7. The van der Waals surface area contributed by atoms with Crippen molar-refractivity contribution < 1.29 is 4.79 Å². The lowest BCUT2D eigenvalue weighted by molar-refractivity contribution is -0.134. The van der Waals surface area contributed by atoms with Gasteiger partial charge in [0.15, 0.2) is 0 Å². The highest BCUT2D eigenvalue weighted by atomic mass is 16.2. The lowest BCUT2D eigenvalue weighted by Gasteiger charge is -2.30. The molecule has 0 aromatic rings. The third-order valence-electron chi connectivity index (χ3n) is 2.71. The maximum Gasteiger partial charge on any atom is 0.225 e. The van der Waals surface area contributed by atoms with Crippen LogP contribution in [0.15, 0.2) is 0 Å². The van der Waals surface area contributed by atoms with Gasteiger partial charge in [0.1, 0.15) is 0 Å². The molecule has 1 rings (SSSR count). The number of carbonyl (C=O) groups excluding carboxylic acids is 1. The zero-order valence-corrected chi connectivity index (χ0v) is 9.79. The summed E-state index contributed by atoms with van der Waals surface area (Å²) in [7, 11) is 4.10. The Morgan fingerprint density at radius 1 is 1.43 bits per heavy atom. The zero-order valence-electron chi connectivity index (χ0n) is 9.79. The van der Waals surface area contributed by atoms with Crippen molar-refractivity contribution in [2.75, 3.05) is 27.2 Å². The van der Waals surface area contributed by atoms with E-state index in [1.165, 1.54) is 0 Å². The van der Waals surface area contributed by atoms with Crippen LogP contribution in [0.5, 0.6) is 0 Å². The number of hydrogen-bond acceptors (Lipinski definition) is 2. The van der Waals surface area contributed by atoms with E-state index in [1.807, 2.05) is 19.0 Å². The van der Waals surface area contributed by atoms with Crippen LogP contribution < -0.4 is 0 Å². The molecule has 14 heavy (non-hydrogen) atoms. The predicted molar refractivity (Wildman–Crippen MR) is 58.1 cm³/mol. The van der Waals surface area contributed by atoms with E-state index in [-0.39, 0.29) is 0 Å². The van der Waals surface area contributed by atoms with E-state index in [9.17, 15) is 4.79 Å². The monoisotopic (exact) mass is 198 g/mol. The Balaban J connectivity index is 2.46. The van der Waals surface area contributed by atoms with Crippen LogP contribution in [0, 0.1) is 5.92 Å². The summed E-state index contributed by atoms with van der Waals surface area (Å²) in [4.78, 5) is 16.0. The molecule has 0 aromatic carbocycles. The number of nitrogens with zero attached hydrogens (tertiary/aromatic N) is 2. The van der Waals surface area contributed by atoms with E-state index in [0.717, 1.165) is 25.9 Å². The molecule has 0 radical (unpaired) electrons.